The number of benzene rings is 3. The predicted molar refractivity (Wildman–Crippen MR) is 110 cm³/mol. The standard InChI is InChI=1S/C23H24N2O3/c1-2-3-14-28-20-12-7-11-19(15-20)23(27)25-24-22(26)16-18-10-6-9-17-8-4-5-13-21(17)18/h4-13,15H,2-3,14,16H2,1H3,(H,24,26)(H,25,27). The Labute approximate surface area is 164 Å². The van der Waals surface area contributed by atoms with Crippen LogP contribution in [0.5, 0.6) is 5.75 Å². The summed E-state index contributed by atoms with van der Waals surface area (Å²) >= 11 is 0. The fraction of sp³-hybridized carbons (Fsp3) is 0.217. The zero-order valence-electron chi connectivity index (χ0n) is 15.9. The number of carbonyl (C=O) groups excluding carboxylic acids is 2. The smallest absolute Gasteiger partial charge is 0.269 e. The summed E-state index contributed by atoms with van der Waals surface area (Å²) in [6.07, 6.45) is 2.19. The molecule has 0 unspecified atom stereocenters. The van der Waals surface area contributed by atoms with Crippen LogP contribution in [-0.2, 0) is 11.2 Å². The molecular formula is C23H24N2O3. The van der Waals surface area contributed by atoms with Crippen LogP contribution in [0.4, 0.5) is 0 Å². The van der Waals surface area contributed by atoms with Gasteiger partial charge in [-0.1, -0.05) is 61.9 Å². The average molecular weight is 376 g/mol. The number of nitrogens with one attached hydrogen (secondary N) is 2. The van der Waals surface area contributed by atoms with Gasteiger partial charge in [-0.2, -0.15) is 0 Å². The topological polar surface area (TPSA) is 67.4 Å². The molecule has 0 atom stereocenters. The fourth-order valence-electron chi connectivity index (χ4n) is 2.92. The van der Waals surface area contributed by atoms with Crippen molar-refractivity contribution >= 4 is 22.6 Å². The summed E-state index contributed by atoms with van der Waals surface area (Å²) in [4.78, 5) is 24.6. The van der Waals surface area contributed by atoms with E-state index in [1.807, 2.05) is 48.5 Å². The number of amides is 2. The van der Waals surface area contributed by atoms with Crippen LogP contribution >= 0.6 is 0 Å². The van der Waals surface area contributed by atoms with Crippen molar-refractivity contribution in [1.29, 1.82) is 0 Å². The maximum absolute atomic E-state index is 12.3. The summed E-state index contributed by atoms with van der Waals surface area (Å²) in [6, 6.07) is 20.7. The van der Waals surface area contributed by atoms with Gasteiger partial charge in [-0.05, 0) is 41.0 Å². The summed E-state index contributed by atoms with van der Waals surface area (Å²) in [5.74, 6) is -0.0181. The minimum atomic E-state index is -0.382. The van der Waals surface area contributed by atoms with Crippen molar-refractivity contribution in [1.82, 2.24) is 10.9 Å². The number of unbranched alkanes of at least 4 members (excludes halogenated alkanes) is 1. The molecule has 0 bridgehead atoms. The Morgan fingerprint density at radius 2 is 1.71 bits per heavy atom. The molecule has 0 aliphatic carbocycles. The van der Waals surface area contributed by atoms with Gasteiger partial charge in [0.15, 0.2) is 0 Å². The second-order valence-corrected chi connectivity index (χ2v) is 6.55. The monoisotopic (exact) mass is 376 g/mol. The Balaban J connectivity index is 1.57. The van der Waals surface area contributed by atoms with Gasteiger partial charge in [0.05, 0.1) is 13.0 Å². The van der Waals surface area contributed by atoms with E-state index in [-0.39, 0.29) is 18.2 Å². The molecule has 5 nitrogen and oxygen atoms in total. The molecule has 3 aromatic carbocycles. The van der Waals surface area contributed by atoms with Gasteiger partial charge in [-0.25, -0.2) is 0 Å². The van der Waals surface area contributed by atoms with Crippen molar-refractivity contribution in [3.8, 4) is 5.75 Å². The van der Waals surface area contributed by atoms with E-state index >= 15 is 0 Å². The molecular weight excluding hydrogens is 352 g/mol. The molecule has 28 heavy (non-hydrogen) atoms. The van der Waals surface area contributed by atoms with Crippen LogP contribution in [0.2, 0.25) is 0 Å². The van der Waals surface area contributed by atoms with Crippen LogP contribution in [0, 0.1) is 0 Å². The number of fused-ring (bicyclic) bond motifs is 1. The van der Waals surface area contributed by atoms with Crippen LogP contribution in [0.1, 0.15) is 35.7 Å². The molecule has 3 rings (SSSR count). The van der Waals surface area contributed by atoms with Gasteiger partial charge in [0.1, 0.15) is 5.75 Å². The molecule has 144 valence electrons. The molecule has 0 fully saturated rings. The Hall–Kier alpha value is -3.34. The maximum Gasteiger partial charge on any atom is 0.269 e. The number of hydrogen-bond donors (Lipinski definition) is 2. The highest BCUT2D eigenvalue weighted by Crippen LogP contribution is 2.19. The number of hydrogen-bond acceptors (Lipinski definition) is 3. The first-order chi connectivity index (χ1) is 13.7. The van der Waals surface area contributed by atoms with Crippen molar-refractivity contribution in [3.63, 3.8) is 0 Å². The summed E-state index contributed by atoms with van der Waals surface area (Å²) in [6.45, 7) is 2.71. The first-order valence-electron chi connectivity index (χ1n) is 9.46. The molecule has 0 aliphatic rings. The highest BCUT2D eigenvalue weighted by atomic mass is 16.5. The summed E-state index contributed by atoms with van der Waals surface area (Å²) in [7, 11) is 0. The molecule has 2 amide bonds. The van der Waals surface area contributed by atoms with E-state index in [4.69, 9.17) is 4.74 Å². The van der Waals surface area contributed by atoms with Crippen LogP contribution in [0.15, 0.2) is 66.7 Å². The Bertz CT molecular complexity index is 963. The third-order valence-corrected chi connectivity index (χ3v) is 4.41. The summed E-state index contributed by atoms with van der Waals surface area (Å²) in [5.41, 5.74) is 6.30. The summed E-state index contributed by atoms with van der Waals surface area (Å²) in [5, 5.41) is 2.11. The van der Waals surface area contributed by atoms with Crippen molar-refractivity contribution < 1.29 is 14.3 Å². The minimum absolute atomic E-state index is 0.182. The van der Waals surface area contributed by atoms with Crippen molar-refractivity contribution in [2.45, 2.75) is 26.2 Å². The Morgan fingerprint density at radius 1 is 0.929 bits per heavy atom. The number of carbonyl (C=O) groups is 2. The Morgan fingerprint density at radius 3 is 2.57 bits per heavy atom. The van der Waals surface area contributed by atoms with Gasteiger partial charge in [-0.3, -0.25) is 20.4 Å². The molecule has 0 radical (unpaired) electrons. The van der Waals surface area contributed by atoms with Crippen LogP contribution < -0.4 is 15.6 Å². The first kappa shape index (κ1) is 19.4. The predicted octanol–water partition coefficient (Wildman–Crippen LogP) is 4.02. The maximum atomic E-state index is 12.3. The van der Waals surface area contributed by atoms with Gasteiger partial charge in [0.25, 0.3) is 5.91 Å². The largest absolute Gasteiger partial charge is 0.494 e. The van der Waals surface area contributed by atoms with Crippen molar-refractivity contribution in [2.75, 3.05) is 6.61 Å². The number of hydrazine groups is 1. The van der Waals surface area contributed by atoms with Crippen molar-refractivity contribution in [3.05, 3.63) is 77.9 Å². The van der Waals surface area contributed by atoms with E-state index in [1.54, 1.807) is 18.2 Å². The lowest BCUT2D eigenvalue weighted by Crippen LogP contribution is -2.42. The highest BCUT2D eigenvalue weighted by Gasteiger charge is 2.10. The second-order valence-electron chi connectivity index (χ2n) is 6.55. The van der Waals surface area contributed by atoms with E-state index in [2.05, 4.69) is 17.8 Å². The molecule has 0 spiro atoms. The van der Waals surface area contributed by atoms with E-state index in [0.29, 0.717) is 17.9 Å². The molecule has 0 saturated carbocycles. The van der Waals surface area contributed by atoms with Gasteiger partial charge in [0, 0.05) is 5.56 Å². The third-order valence-electron chi connectivity index (χ3n) is 4.41. The zero-order chi connectivity index (χ0) is 19.8. The van der Waals surface area contributed by atoms with Crippen LogP contribution in [0.25, 0.3) is 10.8 Å². The van der Waals surface area contributed by atoms with E-state index in [0.717, 1.165) is 29.2 Å². The lowest BCUT2D eigenvalue weighted by atomic mass is 10.0. The third kappa shape index (κ3) is 5.10. The Kier molecular flexibility index (Phi) is 6.63. The van der Waals surface area contributed by atoms with E-state index in [1.165, 1.54) is 0 Å². The number of ether oxygens (including phenoxy) is 1. The molecule has 0 aromatic heterocycles. The van der Waals surface area contributed by atoms with Crippen LogP contribution in [0.3, 0.4) is 0 Å². The lowest BCUT2D eigenvalue weighted by molar-refractivity contribution is -0.121. The van der Waals surface area contributed by atoms with Crippen LogP contribution in [-0.4, -0.2) is 18.4 Å². The molecule has 0 saturated heterocycles. The molecule has 5 heteroatoms. The molecule has 3 aromatic rings. The minimum Gasteiger partial charge on any atom is -0.494 e. The lowest BCUT2D eigenvalue weighted by Gasteiger charge is -2.10. The van der Waals surface area contributed by atoms with Crippen molar-refractivity contribution in [2.24, 2.45) is 0 Å². The summed E-state index contributed by atoms with van der Waals surface area (Å²) < 4.78 is 5.62. The van der Waals surface area contributed by atoms with Gasteiger partial charge in [-0.15, -0.1) is 0 Å². The molecule has 0 aliphatic heterocycles. The van der Waals surface area contributed by atoms with E-state index < -0.39 is 0 Å². The average Bonchev–Trinajstić information content (AvgIpc) is 2.73. The first-order valence-corrected chi connectivity index (χ1v) is 9.46. The van der Waals surface area contributed by atoms with Gasteiger partial charge >= 0.3 is 0 Å². The SMILES string of the molecule is CCCCOc1cccc(C(=O)NNC(=O)Cc2cccc3ccccc23)c1. The van der Waals surface area contributed by atoms with Gasteiger partial charge < -0.3 is 4.74 Å². The highest BCUT2D eigenvalue weighted by molar-refractivity contribution is 5.96. The van der Waals surface area contributed by atoms with Gasteiger partial charge in [0.2, 0.25) is 5.91 Å². The number of rotatable bonds is 7. The zero-order valence-corrected chi connectivity index (χ0v) is 15.9. The molecule has 2 N–H and O–H groups in total. The fourth-order valence-corrected chi connectivity index (χ4v) is 2.92. The normalized spacial score (nSPS) is 10.5. The van der Waals surface area contributed by atoms with E-state index in [9.17, 15) is 9.59 Å². The quantitative estimate of drug-likeness (QED) is 0.483. The molecule has 0 heterocycles. The second kappa shape index (κ2) is 9.55.